The van der Waals surface area contributed by atoms with Crippen molar-refractivity contribution in [2.75, 3.05) is 0 Å². The van der Waals surface area contributed by atoms with Gasteiger partial charge < -0.3 is 0 Å². The summed E-state index contributed by atoms with van der Waals surface area (Å²) < 4.78 is 0. The van der Waals surface area contributed by atoms with Crippen LogP contribution in [0, 0.1) is 0 Å². The Labute approximate surface area is 176 Å². The zero-order valence-corrected chi connectivity index (χ0v) is 16.6. The Morgan fingerprint density at radius 3 is 1.55 bits per heavy atom. The van der Waals surface area contributed by atoms with Crippen LogP contribution in [-0.2, 0) is 0 Å². The van der Waals surface area contributed by atoms with Gasteiger partial charge in [-0.2, -0.15) is 0 Å². The molecule has 1 heteroatoms. The molecule has 5 aromatic carbocycles. The van der Waals surface area contributed by atoms with E-state index in [9.17, 15) is 0 Å². The zero-order chi connectivity index (χ0) is 19.6. The van der Waals surface area contributed by atoms with E-state index >= 15 is 0 Å². The van der Waals surface area contributed by atoms with Gasteiger partial charge in [-0.1, -0.05) is 115 Å². The standard InChI is InChI=1S/C28H19Cl/c29-23-16-14-22(15-17-23)26-19-18-24(20-8-3-1-4-9-20)27-13-7-12-25(28(26)27)21-10-5-2-6-11-21/h1-19H. The maximum Gasteiger partial charge on any atom is 0.0406 e. The SMILES string of the molecule is Clc1ccc(-c2ccc(-c3ccccc3)c3cccc(-c4ccccc4)c23)cc1. The van der Waals surface area contributed by atoms with Crippen molar-refractivity contribution in [1.82, 2.24) is 0 Å². The number of halogens is 1. The average Bonchev–Trinajstić information content (AvgIpc) is 2.80. The number of hydrogen-bond acceptors (Lipinski definition) is 0. The lowest BCUT2D eigenvalue weighted by Gasteiger charge is -2.16. The molecule has 0 fully saturated rings. The van der Waals surface area contributed by atoms with E-state index in [0.717, 1.165) is 5.02 Å². The van der Waals surface area contributed by atoms with E-state index in [2.05, 4.69) is 103 Å². The number of benzene rings is 5. The smallest absolute Gasteiger partial charge is 0.0406 e. The van der Waals surface area contributed by atoms with Crippen LogP contribution in [0.4, 0.5) is 0 Å². The molecular formula is C28H19Cl. The first kappa shape index (κ1) is 17.7. The van der Waals surface area contributed by atoms with Crippen LogP contribution in [0.2, 0.25) is 5.02 Å². The molecule has 0 bridgehead atoms. The van der Waals surface area contributed by atoms with Gasteiger partial charge in [0, 0.05) is 5.02 Å². The van der Waals surface area contributed by atoms with E-state index in [1.807, 2.05) is 12.1 Å². The van der Waals surface area contributed by atoms with Gasteiger partial charge in [0.25, 0.3) is 0 Å². The fourth-order valence-electron chi connectivity index (χ4n) is 4.00. The lowest BCUT2D eigenvalue weighted by molar-refractivity contribution is 1.61. The summed E-state index contributed by atoms with van der Waals surface area (Å²) in [4.78, 5) is 0. The van der Waals surface area contributed by atoms with Crippen molar-refractivity contribution in [2.24, 2.45) is 0 Å². The van der Waals surface area contributed by atoms with Crippen LogP contribution in [0.1, 0.15) is 0 Å². The third-order valence-electron chi connectivity index (χ3n) is 5.37. The Balaban J connectivity index is 1.87. The molecule has 0 heterocycles. The molecule has 0 saturated carbocycles. The molecule has 0 amide bonds. The van der Waals surface area contributed by atoms with Gasteiger partial charge in [-0.05, 0) is 56.3 Å². The summed E-state index contributed by atoms with van der Waals surface area (Å²) >= 11 is 6.15. The summed E-state index contributed by atoms with van der Waals surface area (Å²) in [5, 5.41) is 3.27. The second kappa shape index (κ2) is 7.58. The minimum Gasteiger partial charge on any atom is -0.0843 e. The third kappa shape index (κ3) is 3.33. The normalized spacial score (nSPS) is 10.9. The Bertz CT molecular complexity index is 1270. The molecule has 29 heavy (non-hydrogen) atoms. The van der Waals surface area contributed by atoms with Gasteiger partial charge in [-0.25, -0.2) is 0 Å². The Morgan fingerprint density at radius 2 is 0.897 bits per heavy atom. The van der Waals surface area contributed by atoms with Crippen molar-refractivity contribution < 1.29 is 0 Å². The quantitative estimate of drug-likeness (QED) is 0.289. The molecule has 0 aliphatic carbocycles. The first-order valence-electron chi connectivity index (χ1n) is 9.74. The summed E-state index contributed by atoms with van der Waals surface area (Å²) in [5.74, 6) is 0. The van der Waals surface area contributed by atoms with Crippen LogP contribution < -0.4 is 0 Å². The molecule has 0 spiro atoms. The average molecular weight is 391 g/mol. The Morgan fingerprint density at radius 1 is 0.379 bits per heavy atom. The predicted molar refractivity (Wildman–Crippen MR) is 125 cm³/mol. The van der Waals surface area contributed by atoms with E-state index in [0.29, 0.717) is 0 Å². The molecule has 5 aromatic rings. The van der Waals surface area contributed by atoms with Gasteiger partial charge in [-0.3, -0.25) is 0 Å². The van der Waals surface area contributed by atoms with Crippen molar-refractivity contribution in [2.45, 2.75) is 0 Å². The maximum atomic E-state index is 6.15. The Kier molecular flexibility index (Phi) is 4.63. The highest BCUT2D eigenvalue weighted by atomic mass is 35.5. The molecule has 0 aliphatic heterocycles. The molecule has 0 aliphatic rings. The molecule has 0 radical (unpaired) electrons. The van der Waals surface area contributed by atoms with Gasteiger partial charge in [-0.15, -0.1) is 0 Å². The van der Waals surface area contributed by atoms with E-state index in [-0.39, 0.29) is 0 Å². The zero-order valence-electron chi connectivity index (χ0n) is 15.8. The first-order valence-corrected chi connectivity index (χ1v) is 10.1. The highest BCUT2D eigenvalue weighted by molar-refractivity contribution is 6.30. The second-order valence-corrected chi connectivity index (χ2v) is 7.56. The van der Waals surface area contributed by atoms with Crippen LogP contribution in [0.25, 0.3) is 44.2 Å². The summed E-state index contributed by atoms with van der Waals surface area (Å²) in [6, 6.07) is 40.4. The summed E-state index contributed by atoms with van der Waals surface area (Å²) in [6.07, 6.45) is 0. The van der Waals surface area contributed by atoms with Gasteiger partial charge >= 0.3 is 0 Å². The number of hydrogen-bond donors (Lipinski definition) is 0. The molecule has 0 aromatic heterocycles. The van der Waals surface area contributed by atoms with Crippen molar-refractivity contribution in [3.05, 3.63) is 120 Å². The third-order valence-corrected chi connectivity index (χ3v) is 5.62. The summed E-state index contributed by atoms with van der Waals surface area (Å²) in [6.45, 7) is 0. The topological polar surface area (TPSA) is 0 Å². The van der Waals surface area contributed by atoms with E-state index < -0.39 is 0 Å². The molecule has 0 atom stereocenters. The van der Waals surface area contributed by atoms with Gasteiger partial charge in [0.05, 0.1) is 0 Å². The monoisotopic (exact) mass is 390 g/mol. The van der Waals surface area contributed by atoms with Crippen LogP contribution in [0.3, 0.4) is 0 Å². The molecule has 0 unspecified atom stereocenters. The predicted octanol–water partition coefficient (Wildman–Crippen LogP) is 8.49. The minimum absolute atomic E-state index is 0.752. The molecule has 0 saturated heterocycles. The van der Waals surface area contributed by atoms with Crippen LogP contribution >= 0.6 is 11.6 Å². The maximum absolute atomic E-state index is 6.15. The summed E-state index contributed by atoms with van der Waals surface area (Å²) in [5.41, 5.74) is 7.32. The van der Waals surface area contributed by atoms with E-state index in [1.54, 1.807) is 0 Å². The number of fused-ring (bicyclic) bond motifs is 1. The molecular weight excluding hydrogens is 372 g/mol. The lowest BCUT2D eigenvalue weighted by atomic mass is 9.87. The molecule has 138 valence electrons. The summed E-state index contributed by atoms with van der Waals surface area (Å²) in [7, 11) is 0. The van der Waals surface area contributed by atoms with Crippen molar-refractivity contribution in [3.63, 3.8) is 0 Å². The second-order valence-electron chi connectivity index (χ2n) is 7.13. The van der Waals surface area contributed by atoms with Gasteiger partial charge in [0.2, 0.25) is 0 Å². The van der Waals surface area contributed by atoms with Crippen molar-refractivity contribution in [3.8, 4) is 33.4 Å². The lowest BCUT2D eigenvalue weighted by Crippen LogP contribution is -1.89. The fourth-order valence-corrected chi connectivity index (χ4v) is 4.13. The molecule has 5 rings (SSSR count). The van der Waals surface area contributed by atoms with Crippen molar-refractivity contribution in [1.29, 1.82) is 0 Å². The highest BCUT2D eigenvalue weighted by Gasteiger charge is 2.14. The first-order chi connectivity index (χ1) is 14.3. The van der Waals surface area contributed by atoms with Crippen LogP contribution in [0.5, 0.6) is 0 Å². The minimum atomic E-state index is 0.752. The molecule has 0 N–H and O–H groups in total. The van der Waals surface area contributed by atoms with Crippen LogP contribution in [-0.4, -0.2) is 0 Å². The largest absolute Gasteiger partial charge is 0.0843 e. The van der Waals surface area contributed by atoms with Crippen LogP contribution in [0.15, 0.2) is 115 Å². The number of rotatable bonds is 3. The van der Waals surface area contributed by atoms with E-state index in [1.165, 1.54) is 44.2 Å². The molecule has 0 nitrogen and oxygen atoms in total. The van der Waals surface area contributed by atoms with Gasteiger partial charge in [0.15, 0.2) is 0 Å². The van der Waals surface area contributed by atoms with Gasteiger partial charge in [0.1, 0.15) is 0 Å². The Hall–Kier alpha value is -3.35. The van der Waals surface area contributed by atoms with Crippen molar-refractivity contribution >= 4 is 22.4 Å². The fraction of sp³-hybridized carbons (Fsp3) is 0. The van der Waals surface area contributed by atoms with E-state index in [4.69, 9.17) is 11.6 Å². The highest BCUT2D eigenvalue weighted by Crippen LogP contribution is 2.41.